The lowest BCUT2D eigenvalue weighted by molar-refractivity contribution is -0.117. The summed E-state index contributed by atoms with van der Waals surface area (Å²) in [6.45, 7) is 22.7. The van der Waals surface area contributed by atoms with Crippen LogP contribution in [0.3, 0.4) is 0 Å². The molecule has 3 nitrogen and oxygen atoms in total. The van der Waals surface area contributed by atoms with Gasteiger partial charge in [0.15, 0.2) is 21.8 Å². The SMILES string of the molecule is CC(C)(C)[Si](C)(C)O[C@@H]1[C@@H](O[Si](C)(C)C(C)(C)C)[C@H]2C[C@@H]1SC2=O. The van der Waals surface area contributed by atoms with Crippen LogP contribution in [0.25, 0.3) is 0 Å². The molecule has 1 saturated carbocycles. The third-order valence-electron chi connectivity index (χ3n) is 6.62. The lowest BCUT2D eigenvalue weighted by atomic mass is 10.1. The second-order valence-corrected chi connectivity index (χ2v) is 21.3. The first kappa shape index (κ1) is 20.7. The van der Waals surface area contributed by atoms with Gasteiger partial charge in [0.25, 0.3) is 0 Å². The predicted molar refractivity (Wildman–Crippen MR) is 109 cm³/mol. The van der Waals surface area contributed by atoms with Crippen LogP contribution in [-0.2, 0) is 13.6 Å². The van der Waals surface area contributed by atoms with E-state index in [9.17, 15) is 4.79 Å². The Morgan fingerprint density at radius 2 is 1.29 bits per heavy atom. The van der Waals surface area contributed by atoms with Crippen LogP contribution in [0.1, 0.15) is 48.0 Å². The molecule has 0 radical (unpaired) electrons. The molecule has 0 unspecified atom stereocenters. The fourth-order valence-corrected chi connectivity index (χ4v) is 6.98. The normalized spacial score (nSPS) is 31.8. The van der Waals surface area contributed by atoms with Crippen LogP contribution >= 0.6 is 11.8 Å². The zero-order valence-corrected chi connectivity index (χ0v) is 20.0. The minimum Gasteiger partial charge on any atom is -0.411 e. The molecule has 1 aliphatic heterocycles. The number of rotatable bonds is 4. The van der Waals surface area contributed by atoms with Crippen LogP contribution in [0.2, 0.25) is 36.3 Å². The molecule has 2 aliphatic rings. The number of fused-ring (bicyclic) bond motifs is 2. The van der Waals surface area contributed by atoms with Crippen molar-refractivity contribution in [1.82, 2.24) is 0 Å². The molecule has 0 amide bonds. The molecule has 2 fully saturated rings. The highest BCUT2D eigenvalue weighted by atomic mass is 32.2. The van der Waals surface area contributed by atoms with Gasteiger partial charge in [-0.05, 0) is 42.7 Å². The summed E-state index contributed by atoms with van der Waals surface area (Å²) in [5, 5.41) is 0.919. The lowest BCUT2D eigenvalue weighted by Gasteiger charge is -2.45. The van der Waals surface area contributed by atoms with Crippen molar-refractivity contribution in [2.45, 2.75) is 102 Å². The first-order chi connectivity index (χ1) is 10.6. The first-order valence-corrected chi connectivity index (χ1v) is 15.8. The van der Waals surface area contributed by atoms with E-state index >= 15 is 0 Å². The Hall–Kier alpha value is 0.374. The predicted octanol–water partition coefficient (Wildman–Crippen LogP) is 5.43. The van der Waals surface area contributed by atoms with Crippen molar-refractivity contribution >= 4 is 33.5 Å². The molecule has 4 atom stereocenters. The van der Waals surface area contributed by atoms with Gasteiger partial charge in [-0.1, -0.05) is 53.3 Å². The van der Waals surface area contributed by atoms with Crippen LogP contribution in [0, 0.1) is 5.92 Å². The number of carbonyl (C=O) groups excluding carboxylic acids is 1. The maximum atomic E-state index is 12.3. The van der Waals surface area contributed by atoms with Crippen LogP contribution < -0.4 is 0 Å². The van der Waals surface area contributed by atoms with Crippen LogP contribution in [-0.4, -0.2) is 39.2 Å². The van der Waals surface area contributed by atoms with Gasteiger partial charge < -0.3 is 8.85 Å². The maximum Gasteiger partial charge on any atom is 0.195 e. The molecule has 140 valence electrons. The number of carbonyl (C=O) groups is 1. The molecule has 0 spiro atoms. The summed E-state index contributed by atoms with van der Waals surface area (Å²) in [5.74, 6) is 0.0314. The van der Waals surface area contributed by atoms with Gasteiger partial charge in [-0.3, -0.25) is 4.79 Å². The van der Waals surface area contributed by atoms with Crippen molar-refractivity contribution in [1.29, 1.82) is 0 Å². The average molecular weight is 389 g/mol. The Balaban J connectivity index is 2.25. The van der Waals surface area contributed by atoms with Crippen molar-refractivity contribution in [3.63, 3.8) is 0 Å². The van der Waals surface area contributed by atoms with E-state index in [1.807, 2.05) is 0 Å². The Labute approximate surface area is 154 Å². The molecule has 1 saturated heterocycles. The highest BCUT2D eigenvalue weighted by Gasteiger charge is 2.58. The van der Waals surface area contributed by atoms with Gasteiger partial charge in [-0.25, -0.2) is 0 Å². The Morgan fingerprint density at radius 3 is 1.71 bits per heavy atom. The third-order valence-corrected chi connectivity index (χ3v) is 16.9. The summed E-state index contributed by atoms with van der Waals surface area (Å²) >= 11 is 1.51. The van der Waals surface area contributed by atoms with Gasteiger partial charge in [0, 0.05) is 5.25 Å². The zero-order chi connectivity index (χ0) is 18.7. The summed E-state index contributed by atoms with van der Waals surface area (Å²) in [5.41, 5.74) is 0. The summed E-state index contributed by atoms with van der Waals surface area (Å²) in [6.07, 6.45) is 0.966. The summed E-state index contributed by atoms with van der Waals surface area (Å²) in [6, 6.07) is 0. The van der Waals surface area contributed by atoms with Crippen molar-refractivity contribution in [2.24, 2.45) is 5.92 Å². The lowest BCUT2D eigenvalue weighted by Crippen LogP contribution is -2.54. The van der Waals surface area contributed by atoms with E-state index in [0.29, 0.717) is 5.12 Å². The number of hydrogen-bond acceptors (Lipinski definition) is 4. The van der Waals surface area contributed by atoms with Gasteiger partial charge >= 0.3 is 0 Å². The molecule has 0 N–H and O–H groups in total. The Bertz CT molecular complexity index is 505. The molecule has 0 aromatic rings. The topological polar surface area (TPSA) is 35.5 Å². The number of thioether (sulfide) groups is 1. The molecule has 0 aromatic carbocycles. The Morgan fingerprint density at radius 1 is 0.875 bits per heavy atom. The monoisotopic (exact) mass is 388 g/mol. The second kappa shape index (κ2) is 6.22. The van der Waals surface area contributed by atoms with Crippen molar-refractivity contribution in [3.8, 4) is 0 Å². The summed E-state index contributed by atoms with van der Waals surface area (Å²) in [7, 11) is -3.81. The van der Waals surface area contributed by atoms with E-state index in [1.165, 1.54) is 11.8 Å². The molecule has 24 heavy (non-hydrogen) atoms. The van der Waals surface area contributed by atoms with Gasteiger partial charge in [0.2, 0.25) is 0 Å². The summed E-state index contributed by atoms with van der Waals surface area (Å²) < 4.78 is 13.5. The largest absolute Gasteiger partial charge is 0.411 e. The van der Waals surface area contributed by atoms with E-state index in [-0.39, 0.29) is 33.5 Å². The van der Waals surface area contributed by atoms with Crippen LogP contribution in [0.4, 0.5) is 0 Å². The van der Waals surface area contributed by atoms with E-state index < -0.39 is 16.6 Å². The molecule has 0 aromatic heterocycles. The minimum atomic E-state index is -1.93. The van der Waals surface area contributed by atoms with Crippen LogP contribution in [0.15, 0.2) is 0 Å². The second-order valence-electron chi connectivity index (χ2n) is 10.5. The van der Waals surface area contributed by atoms with E-state index in [1.54, 1.807) is 0 Å². The fraction of sp³-hybridized carbons (Fsp3) is 0.944. The van der Waals surface area contributed by atoms with E-state index in [2.05, 4.69) is 67.7 Å². The minimum absolute atomic E-state index is 0.0314. The zero-order valence-electron chi connectivity index (χ0n) is 17.1. The first-order valence-electron chi connectivity index (χ1n) is 9.13. The molecule has 1 aliphatic carbocycles. The third kappa shape index (κ3) is 3.73. The van der Waals surface area contributed by atoms with Crippen LogP contribution in [0.5, 0.6) is 0 Å². The average Bonchev–Trinajstić information content (AvgIpc) is 2.84. The molecule has 2 rings (SSSR count). The molecule has 6 heteroatoms. The number of hydrogen-bond donors (Lipinski definition) is 0. The van der Waals surface area contributed by atoms with Crippen molar-refractivity contribution in [3.05, 3.63) is 0 Å². The highest BCUT2D eigenvalue weighted by molar-refractivity contribution is 8.14. The molecular weight excluding hydrogens is 352 g/mol. The van der Waals surface area contributed by atoms with Gasteiger partial charge in [0.05, 0.1) is 18.1 Å². The quantitative estimate of drug-likeness (QED) is 0.602. The van der Waals surface area contributed by atoms with Gasteiger partial charge in [-0.2, -0.15) is 0 Å². The standard InChI is InChI=1S/C18H36O3SSi2/c1-17(2,3)23(7,8)20-14-12-11-13(22-16(12)19)15(14)21-24(9,10)18(4,5)6/h12-15H,11H2,1-10H3/t12-,13+,14+,15+/m1/s1. The van der Waals surface area contributed by atoms with E-state index in [4.69, 9.17) is 8.85 Å². The molecular formula is C18H36O3SSi2. The van der Waals surface area contributed by atoms with Gasteiger partial charge in [-0.15, -0.1) is 0 Å². The summed E-state index contributed by atoms with van der Waals surface area (Å²) in [4.78, 5) is 12.3. The molecule has 2 bridgehead atoms. The Kier molecular flexibility index (Phi) is 5.36. The van der Waals surface area contributed by atoms with Crippen molar-refractivity contribution in [2.75, 3.05) is 0 Å². The van der Waals surface area contributed by atoms with Crippen molar-refractivity contribution < 1.29 is 13.6 Å². The smallest absolute Gasteiger partial charge is 0.195 e. The fourth-order valence-electron chi connectivity index (χ4n) is 2.87. The van der Waals surface area contributed by atoms with Gasteiger partial charge in [0.1, 0.15) is 0 Å². The highest BCUT2D eigenvalue weighted by Crippen LogP contribution is 2.52. The van der Waals surface area contributed by atoms with E-state index in [0.717, 1.165) is 6.42 Å². The maximum absolute atomic E-state index is 12.3. The molecule has 1 heterocycles.